The molecular weight excluding hydrogens is 254 g/mol. The van der Waals surface area contributed by atoms with E-state index in [1.165, 1.54) is 4.68 Å². The molecule has 1 aromatic carbocycles. The average Bonchev–Trinajstić information content (AvgIpc) is 2.67. The van der Waals surface area contributed by atoms with Gasteiger partial charge in [-0.1, -0.05) is 41.9 Å². The molecule has 1 heterocycles. The highest BCUT2D eigenvalue weighted by Crippen LogP contribution is 2.18. The van der Waals surface area contributed by atoms with Crippen LogP contribution in [0.25, 0.3) is 0 Å². The van der Waals surface area contributed by atoms with Gasteiger partial charge in [0.2, 0.25) is 0 Å². The minimum atomic E-state index is -0.561. The minimum absolute atomic E-state index is 0.213. The number of nitrogens with zero attached hydrogens (tertiary/aromatic N) is 2. The Morgan fingerprint density at radius 2 is 2.17 bits per heavy atom. The van der Waals surface area contributed by atoms with Crippen LogP contribution < -0.4 is 5.32 Å². The zero-order chi connectivity index (χ0) is 13.0. The topological polar surface area (TPSA) is 56.2 Å². The molecule has 2 rings (SSSR count). The molecule has 18 heavy (non-hydrogen) atoms. The highest BCUT2D eigenvalue weighted by molar-refractivity contribution is 6.32. The van der Waals surface area contributed by atoms with E-state index in [0.717, 1.165) is 5.56 Å². The third-order valence-electron chi connectivity index (χ3n) is 2.23. The number of carbonyl (C=O) groups is 1. The molecule has 6 heteroatoms. The van der Waals surface area contributed by atoms with Gasteiger partial charge in [-0.05, 0) is 5.56 Å². The van der Waals surface area contributed by atoms with Gasteiger partial charge >= 0.3 is 6.09 Å². The van der Waals surface area contributed by atoms with E-state index in [-0.39, 0.29) is 11.8 Å². The number of amides is 1. The second kappa shape index (κ2) is 5.55. The molecule has 94 valence electrons. The van der Waals surface area contributed by atoms with Crippen molar-refractivity contribution >= 4 is 23.4 Å². The fourth-order valence-corrected chi connectivity index (χ4v) is 1.63. The number of aryl methyl sites for hydroxylation is 1. The molecule has 1 aromatic heterocycles. The summed E-state index contributed by atoms with van der Waals surface area (Å²) in [4.78, 5) is 11.5. The molecule has 0 aliphatic rings. The third kappa shape index (κ3) is 3.24. The van der Waals surface area contributed by atoms with Crippen molar-refractivity contribution in [2.24, 2.45) is 7.05 Å². The van der Waals surface area contributed by atoms with Crippen LogP contribution in [0.15, 0.2) is 36.5 Å². The fourth-order valence-electron chi connectivity index (χ4n) is 1.41. The molecule has 0 atom stereocenters. The first-order valence-electron chi connectivity index (χ1n) is 5.32. The van der Waals surface area contributed by atoms with Crippen molar-refractivity contribution in [1.29, 1.82) is 0 Å². The second-order valence-electron chi connectivity index (χ2n) is 3.69. The Labute approximate surface area is 109 Å². The summed E-state index contributed by atoms with van der Waals surface area (Å²) >= 11 is 5.80. The Hall–Kier alpha value is -2.01. The highest BCUT2D eigenvalue weighted by Gasteiger charge is 2.09. The van der Waals surface area contributed by atoms with Gasteiger partial charge in [-0.25, -0.2) is 4.79 Å². The van der Waals surface area contributed by atoms with Crippen molar-refractivity contribution in [3.05, 3.63) is 47.2 Å². The molecule has 0 aliphatic carbocycles. The van der Waals surface area contributed by atoms with Gasteiger partial charge in [0, 0.05) is 13.2 Å². The number of anilines is 1. The summed E-state index contributed by atoms with van der Waals surface area (Å²) in [5, 5.41) is 6.65. The second-order valence-corrected chi connectivity index (χ2v) is 4.05. The van der Waals surface area contributed by atoms with Crippen LogP contribution >= 0.6 is 11.6 Å². The van der Waals surface area contributed by atoms with Gasteiger partial charge in [-0.2, -0.15) is 5.10 Å². The molecule has 5 nitrogen and oxygen atoms in total. The molecule has 0 saturated carbocycles. The molecule has 2 aromatic rings. The lowest BCUT2D eigenvalue weighted by Gasteiger charge is -2.05. The Bertz CT molecular complexity index is 540. The maximum absolute atomic E-state index is 11.5. The summed E-state index contributed by atoms with van der Waals surface area (Å²) < 4.78 is 6.56. The number of halogens is 1. The lowest BCUT2D eigenvalue weighted by molar-refractivity contribution is 0.155. The standard InChI is InChI=1S/C12H12ClN3O2/c1-16-7-10(11(13)15-16)14-12(17)18-8-9-5-3-2-4-6-9/h2-7H,8H2,1H3,(H,14,17). The van der Waals surface area contributed by atoms with E-state index in [0.29, 0.717) is 5.69 Å². The molecule has 0 spiro atoms. The lowest BCUT2D eigenvalue weighted by Crippen LogP contribution is -2.13. The predicted molar refractivity (Wildman–Crippen MR) is 68.5 cm³/mol. The highest BCUT2D eigenvalue weighted by atomic mass is 35.5. The van der Waals surface area contributed by atoms with Crippen LogP contribution in [0.4, 0.5) is 10.5 Å². The quantitative estimate of drug-likeness (QED) is 0.928. The Kier molecular flexibility index (Phi) is 3.84. The lowest BCUT2D eigenvalue weighted by atomic mass is 10.2. The summed E-state index contributed by atoms with van der Waals surface area (Å²) in [6.07, 6.45) is 1.04. The number of aromatic nitrogens is 2. The van der Waals surface area contributed by atoms with Gasteiger partial charge in [0.1, 0.15) is 12.3 Å². The van der Waals surface area contributed by atoms with Gasteiger partial charge in [0.25, 0.3) is 0 Å². The van der Waals surface area contributed by atoms with Crippen LogP contribution in [0, 0.1) is 0 Å². The Balaban J connectivity index is 1.88. The van der Waals surface area contributed by atoms with Gasteiger partial charge < -0.3 is 4.74 Å². The van der Waals surface area contributed by atoms with Crippen LogP contribution in [0.1, 0.15) is 5.56 Å². The first-order valence-corrected chi connectivity index (χ1v) is 5.70. The number of benzene rings is 1. The summed E-state index contributed by atoms with van der Waals surface area (Å²) in [6.45, 7) is 0.213. The van der Waals surface area contributed by atoms with Gasteiger partial charge in [0.15, 0.2) is 5.15 Å². The maximum Gasteiger partial charge on any atom is 0.412 e. The molecule has 0 unspecified atom stereocenters. The predicted octanol–water partition coefficient (Wildman–Crippen LogP) is 2.82. The SMILES string of the molecule is Cn1cc(NC(=O)OCc2ccccc2)c(Cl)n1. The van der Waals surface area contributed by atoms with E-state index < -0.39 is 6.09 Å². The smallest absolute Gasteiger partial charge is 0.412 e. The molecule has 0 fully saturated rings. The van der Waals surface area contributed by atoms with Crippen molar-refractivity contribution in [3.8, 4) is 0 Å². The van der Waals surface area contributed by atoms with E-state index in [1.807, 2.05) is 30.3 Å². The van der Waals surface area contributed by atoms with Crippen molar-refractivity contribution in [3.63, 3.8) is 0 Å². The van der Waals surface area contributed by atoms with E-state index in [1.54, 1.807) is 13.2 Å². The largest absolute Gasteiger partial charge is 0.444 e. The minimum Gasteiger partial charge on any atom is -0.444 e. The van der Waals surface area contributed by atoms with E-state index >= 15 is 0 Å². The molecule has 0 saturated heterocycles. The monoisotopic (exact) mass is 265 g/mol. The van der Waals surface area contributed by atoms with Gasteiger partial charge in [-0.3, -0.25) is 10.00 Å². The van der Waals surface area contributed by atoms with E-state index in [4.69, 9.17) is 16.3 Å². The van der Waals surface area contributed by atoms with Crippen molar-refractivity contribution in [2.75, 3.05) is 5.32 Å². The average molecular weight is 266 g/mol. The molecule has 0 bridgehead atoms. The number of rotatable bonds is 3. The van der Waals surface area contributed by atoms with Crippen LogP contribution in [0.5, 0.6) is 0 Å². The molecule has 0 radical (unpaired) electrons. The van der Waals surface area contributed by atoms with Crippen molar-refractivity contribution in [1.82, 2.24) is 9.78 Å². The molecule has 1 N–H and O–H groups in total. The summed E-state index contributed by atoms with van der Waals surface area (Å²) in [6, 6.07) is 9.43. The van der Waals surface area contributed by atoms with Crippen LogP contribution in [0.3, 0.4) is 0 Å². The number of hydrogen-bond donors (Lipinski definition) is 1. The normalized spacial score (nSPS) is 10.1. The van der Waals surface area contributed by atoms with Crippen LogP contribution in [0.2, 0.25) is 5.15 Å². The van der Waals surface area contributed by atoms with Crippen molar-refractivity contribution < 1.29 is 9.53 Å². The van der Waals surface area contributed by atoms with Crippen LogP contribution in [-0.2, 0) is 18.4 Å². The molecular formula is C12H12ClN3O2. The first-order chi connectivity index (χ1) is 8.65. The Morgan fingerprint density at radius 1 is 1.44 bits per heavy atom. The van der Waals surface area contributed by atoms with E-state index in [9.17, 15) is 4.79 Å². The number of ether oxygens (including phenoxy) is 1. The summed E-state index contributed by atoms with van der Waals surface area (Å²) in [5.41, 5.74) is 1.35. The first kappa shape index (κ1) is 12.4. The fraction of sp³-hybridized carbons (Fsp3) is 0.167. The molecule has 1 amide bonds. The van der Waals surface area contributed by atoms with Gasteiger partial charge in [0.05, 0.1) is 0 Å². The zero-order valence-corrected chi connectivity index (χ0v) is 10.5. The summed E-state index contributed by atoms with van der Waals surface area (Å²) in [5.74, 6) is 0. The number of hydrogen-bond acceptors (Lipinski definition) is 3. The van der Waals surface area contributed by atoms with Crippen LogP contribution in [-0.4, -0.2) is 15.9 Å². The molecule has 0 aliphatic heterocycles. The van der Waals surface area contributed by atoms with E-state index in [2.05, 4.69) is 10.4 Å². The summed E-state index contributed by atoms with van der Waals surface area (Å²) in [7, 11) is 1.71. The number of carbonyl (C=O) groups excluding carboxylic acids is 1. The van der Waals surface area contributed by atoms with Gasteiger partial charge in [-0.15, -0.1) is 0 Å². The maximum atomic E-state index is 11.5. The Morgan fingerprint density at radius 3 is 2.78 bits per heavy atom. The zero-order valence-electron chi connectivity index (χ0n) is 9.76. The number of nitrogens with one attached hydrogen (secondary N) is 1. The van der Waals surface area contributed by atoms with Crippen molar-refractivity contribution in [2.45, 2.75) is 6.61 Å². The third-order valence-corrected chi connectivity index (χ3v) is 2.51.